The number of aromatic nitrogens is 3. The molecule has 0 radical (unpaired) electrons. The normalized spacial score (nSPS) is 18.4. The molecule has 1 aromatic heterocycles. The lowest BCUT2D eigenvalue weighted by molar-refractivity contribution is -0.129. The Morgan fingerprint density at radius 2 is 1.88 bits per heavy atom. The lowest BCUT2D eigenvalue weighted by Crippen LogP contribution is -2.49. The number of amides is 3. The van der Waals surface area contributed by atoms with Crippen molar-refractivity contribution in [2.24, 2.45) is 5.92 Å². The largest absolute Gasteiger partial charge is 0.344 e. The smallest absolute Gasteiger partial charge is 0.253 e. The van der Waals surface area contributed by atoms with Gasteiger partial charge in [-0.1, -0.05) is 50.2 Å². The van der Waals surface area contributed by atoms with Crippen LogP contribution in [0, 0.1) is 17.2 Å². The predicted octanol–water partition coefficient (Wildman–Crippen LogP) is 3.80. The molecule has 3 aromatic rings. The number of hydrogen-bond acceptors (Lipinski definition) is 7. The van der Waals surface area contributed by atoms with Crippen molar-refractivity contribution in [1.82, 2.24) is 30.3 Å². The van der Waals surface area contributed by atoms with E-state index in [2.05, 4.69) is 16.7 Å². The van der Waals surface area contributed by atoms with Crippen molar-refractivity contribution in [2.45, 2.75) is 51.7 Å². The first kappa shape index (κ1) is 30.8. The summed E-state index contributed by atoms with van der Waals surface area (Å²) in [6.45, 7) is 4.97. The molecule has 4 rings (SSSR count). The topological polar surface area (TPSA) is 133 Å². The monoisotopic (exact) mass is 587 g/mol. The minimum Gasteiger partial charge on any atom is -0.344 e. The first-order valence-electron chi connectivity index (χ1n) is 14.2. The van der Waals surface area contributed by atoms with Crippen LogP contribution in [0.2, 0.25) is 0 Å². The molecule has 10 nitrogen and oxygen atoms in total. The van der Waals surface area contributed by atoms with Crippen molar-refractivity contribution >= 4 is 29.5 Å². The molecular weight excluding hydrogens is 550 g/mol. The quantitative estimate of drug-likeness (QED) is 0.448. The number of thioether (sulfide) groups is 1. The first-order valence-corrected chi connectivity index (χ1v) is 15.6. The predicted molar refractivity (Wildman–Crippen MR) is 162 cm³/mol. The number of carbonyl (C=O) groups excluding carboxylic acids is 3. The van der Waals surface area contributed by atoms with Crippen molar-refractivity contribution in [3.63, 3.8) is 0 Å². The molecule has 220 valence electrons. The fraction of sp³-hybridized carbons (Fsp3) is 0.419. The van der Waals surface area contributed by atoms with Gasteiger partial charge in [-0.15, -0.1) is 0 Å². The van der Waals surface area contributed by atoms with E-state index in [9.17, 15) is 19.6 Å². The number of nitrogens with zero attached hydrogens (tertiary/aromatic N) is 5. The van der Waals surface area contributed by atoms with Crippen LogP contribution < -0.4 is 10.6 Å². The number of nitriles is 1. The highest BCUT2D eigenvalue weighted by molar-refractivity contribution is 7.98. The molecular formula is C31H37N7O3S. The van der Waals surface area contributed by atoms with Gasteiger partial charge in [0.1, 0.15) is 6.04 Å². The number of carbonyl (C=O) groups is 3. The van der Waals surface area contributed by atoms with Gasteiger partial charge in [-0.25, -0.2) is 9.67 Å². The summed E-state index contributed by atoms with van der Waals surface area (Å²) in [5, 5.41) is 20.2. The minimum atomic E-state index is -0.689. The second kappa shape index (κ2) is 14.6. The Bertz CT molecular complexity index is 1430. The molecule has 0 aliphatic carbocycles. The zero-order valence-corrected chi connectivity index (χ0v) is 25.1. The van der Waals surface area contributed by atoms with E-state index < -0.39 is 12.1 Å². The number of rotatable bonds is 6. The summed E-state index contributed by atoms with van der Waals surface area (Å²) in [5.41, 5.74) is 1.66. The molecule has 2 heterocycles. The van der Waals surface area contributed by atoms with Crippen LogP contribution in [0.4, 0.5) is 0 Å². The third-order valence-electron chi connectivity index (χ3n) is 7.18. The Morgan fingerprint density at radius 3 is 2.60 bits per heavy atom. The van der Waals surface area contributed by atoms with Crippen molar-refractivity contribution < 1.29 is 14.4 Å². The minimum absolute atomic E-state index is 0.0308. The van der Waals surface area contributed by atoms with Crippen molar-refractivity contribution in [2.75, 3.05) is 25.1 Å². The molecule has 0 bridgehead atoms. The van der Waals surface area contributed by atoms with Gasteiger partial charge in [0.15, 0.2) is 11.6 Å². The molecule has 42 heavy (non-hydrogen) atoms. The van der Waals surface area contributed by atoms with Gasteiger partial charge in [-0.2, -0.15) is 22.1 Å². The molecule has 0 unspecified atom stereocenters. The second-order valence-corrected chi connectivity index (χ2v) is 11.6. The molecule has 11 heteroatoms. The third-order valence-corrected chi connectivity index (χ3v) is 7.82. The Balaban J connectivity index is 1.74. The van der Waals surface area contributed by atoms with E-state index in [0.717, 1.165) is 5.56 Å². The summed E-state index contributed by atoms with van der Waals surface area (Å²) in [7, 11) is 0. The van der Waals surface area contributed by atoms with Crippen LogP contribution >= 0.6 is 11.8 Å². The van der Waals surface area contributed by atoms with E-state index in [1.54, 1.807) is 45.6 Å². The zero-order chi connectivity index (χ0) is 30.1. The van der Waals surface area contributed by atoms with Gasteiger partial charge in [0.25, 0.3) is 5.91 Å². The van der Waals surface area contributed by atoms with Gasteiger partial charge in [-0.05, 0) is 49.0 Å². The molecule has 3 amide bonds. The van der Waals surface area contributed by atoms with Gasteiger partial charge >= 0.3 is 0 Å². The van der Waals surface area contributed by atoms with Gasteiger partial charge < -0.3 is 15.5 Å². The third kappa shape index (κ3) is 7.76. The highest BCUT2D eigenvalue weighted by Gasteiger charge is 2.30. The Labute approximate surface area is 250 Å². The van der Waals surface area contributed by atoms with E-state index in [-0.39, 0.29) is 30.1 Å². The van der Waals surface area contributed by atoms with E-state index in [1.165, 1.54) is 0 Å². The fourth-order valence-electron chi connectivity index (χ4n) is 4.88. The van der Waals surface area contributed by atoms with Crippen LogP contribution in [0.5, 0.6) is 0 Å². The number of benzene rings is 2. The maximum atomic E-state index is 13.6. The first-order chi connectivity index (χ1) is 20.3. The maximum absolute atomic E-state index is 13.6. The summed E-state index contributed by atoms with van der Waals surface area (Å²) < 4.78 is 1.78. The average molecular weight is 588 g/mol. The van der Waals surface area contributed by atoms with E-state index in [4.69, 9.17) is 10.1 Å². The lowest BCUT2D eigenvalue weighted by atomic mass is 10.0. The van der Waals surface area contributed by atoms with E-state index >= 15 is 0 Å². The summed E-state index contributed by atoms with van der Waals surface area (Å²) in [6, 6.07) is 17.2. The second-order valence-electron chi connectivity index (χ2n) is 10.6. The van der Waals surface area contributed by atoms with E-state index in [0.29, 0.717) is 61.0 Å². The molecule has 0 spiro atoms. The summed E-state index contributed by atoms with van der Waals surface area (Å²) >= 11 is 1.61. The van der Waals surface area contributed by atoms with Gasteiger partial charge in [0, 0.05) is 30.6 Å². The maximum Gasteiger partial charge on any atom is 0.253 e. The van der Waals surface area contributed by atoms with E-state index in [1.807, 2.05) is 50.4 Å². The molecule has 0 saturated carbocycles. The lowest BCUT2D eigenvalue weighted by Gasteiger charge is -2.28. The molecule has 0 saturated heterocycles. The number of fused-ring (bicyclic) bond motifs is 1. The SMILES string of the molecule is CSCC[C@@H]1NC(=O)CCCN(C(=O)c2cccc(C#N)c2)CCn2nc(-c3ccccc3)nc2[C@@H](C(C)C)NC1=O. The van der Waals surface area contributed by atoms with Crippen molar-refractivity contribution in [3.05, 3.63) is 71.5 Å². The highest BCUT2D eigenvalue weighted by atomic mass is 32.2. The summed E-state index contributed by atoms with van der Waals surface area (Å²) in [5.74, 6) is 1.09. The van der Waals surface area contributed by atoms with Crippen LogP contribution in [-0.4, -0.2) is 68.5 Å². The fourth-order valence-corrected chi connectivity index (χ4v) is 5.35. The number of hydrogen-bond donors (Lipinski definition) is 2. The molecule has 1 aliphatic heterocycles. The van der Waals surface area contributed by atoms with Gasteiger partial charge in [0.05, 0.1) is 24.2 Å². The summed E-state index contributed by atoms with van der Waals surface area (Å²) in [4.78, 5) is 46.6. The van der Waals surface area contributed by atoms with Crippen LogP contribution in [0.1, 0.15) is 60.9 Å². The Kier molecular flexibility index (Phi) is 10.7. The highest BCUT2D eigenvalue weighted by Crippen LogP contribution is 2.25. The molecule has 1 aliphatic rings. The van der Waals surface area contributed by atoms with Crippen LogP contribution in [0.15, 0.2) is 54.6 Å². The standard InChI is InChI=1S/C31H37N7O3S/c1-21(2)27-29-35-28(23-10-5-4-6-11-23)36-38(29)17-16-37(31(41)24-12-7-9-22(19-24)20-32)15-8-13-26(39)33-25(14-18-42-3)30(40)34-27/h4-7,9-12,19,21,25,27H,8,13-18H2,1-3H3,(H,33,39)(H,34,40)/t25-,27+/m0/s1. The zero-order valence-electron chi connectivity index (χ0n) is 24.2. The van der Waals surface area contributed by atoms with Gasteiger partial charge in [-0.3, -0.25) is 14.4 Å². The van der Waals surface area contributed by atoms with Crippen LogP contribution in [0.25, 0.3) is 11.4 Å². The summed E-state index contributed by atoms with van der Waals surface area (Å²) in [6.07, 6.45) is 3.04. The molecule has 2 aromatic carbocycles. The number of nitrogens with one attached hydrogen (secondary N) is 2. The van der Waals surface area contributed by atoms with Crippen LogP contribution in [0.3, 0.4) is 0 Å². The Morgan fingerprint density at radius 1 is 1.10 bits per heavy atom. The van der Waals surface area contributed by atoms with Crippen molar-refractivity contribution in [3.8, 4) is 17.5 Å². The Hall–Kier alpha value is -4.17. The average Bonchev–Trinajstić information content (AvgIpc) is 3.42. The van der Waals surface area contributed by atoms with Crippen LogP contribution in [-0.2, 0) is 16.1 Å². The molecule has 2 N–H and O–H groups in total. The molecule has 0 fully saturated rings. The van der Waals surface area contributed by atoms with Crippen molar-refractivity contribution in [1.29, 1.82) is 5.26 Å². The van der Waals surface area contributed by atoms with Gasteiger partial charge in [0.2, 0.25) is 11.8 Å². The molecule has 2 atom stereocenters.